The van der Waals surface area contributed by atoms with Gasteiger partial charge in [-0.3, -0.25) is 14.2 Å². The Morgan fingerprint density at radius 1 is 1.10 bits per heavy atom. The van der Waals surface area contributed by atoms with Gasteiger partial charge in [-0.05, 0) is 61.7 Å². The summed E-state index contributed by atoms with van der Waals surface area (Å²) in [7, 11) is 0. The molecule has 0 radical (unpaired) electrons. The minimum atomic E-state index is -0.200. The Morgan fingerprint density at radius 2 is 1.87 bits per heavy atom. The number of ether oxygens (including phenoxy) is 1. The smallest absolute Gasteiger partial charge is 0.263 e. The van der Waals surface area contributed by atoms with Gasteiger partial charge in [-0.25, -0.2) is 4.98 Å². The van der Waals surface area contributed by atoms with Gasteiger partial charge < -0.3 is 4.74 Å². The Morgan fingerprint density at radius 3 is 2.57 bits per heavy atom. The van der Waals surface area contributed by atoms with Crippen LogP contribution in [0.2, 0.25) is 0 Å². The normalized spacial score (nSPS) is 11.0. The summed E-state index contributed by atoms with van der Waals surface area (Å²) in [4.78, 5) is 31.0. The fourth-order valence-electron chi connectivity index (χ4n) is 3.35. The van der Waals surface area contributed by atoms with Gasteiger partial charge >= 0.3 is 0 Å². The van der Waals surface area contributed by atoms with Gasteiger partial charge in [-0.1, -0.05) is 18.2 Å². The first-order chi connectivity index (χ1) is 14.5. The van der Waals surface area contributed by atoms with Crippen molar-refractivity contribution in [2.75, 3.05) is 6.61 Å². The van der Waals surface area contributed by atoms with Crippen molar-refractivity contribution >= 4 is 27.3 Å². The molecular formula is C24H22N2O3S. The van der Waals surface area contributed by atoms with E-state index in [1.54, 1.807) is 24.3 Å². The van der Waals surface area contributed by atoms with Gasteiger partial charge in [0.25, 0.3) is 5.56 Å². The van der Waals surface area contributed by atoms with Crippen molar-refractivity contribution in [2.45, 2.75) is 27.3 Å². The topological polar surface area (TPSA) is 61.2 Å². The Kier molecular flexibility index (Phi) is 5.50. The van der Waals surface area contributed by atoms with Crippen LogP contribution in [-0.4, -0.2) is 21.9 Å². The Balaban J connectivity index is 1.68. The van der Waals surface area contributed by atoms with E-state index in [4.69, 9.17) is 4.74 Å². The van der Waals surface area contributed by atoms with Crippen LogP contribution in [0.4, 0.5) is 0 Å². The zero-order valence-electron chi connectivity index (χ0n) is 17.1. The quantitative estimate of drug-likeness (QED) is 0.412. The number of ketones is 1. The first kappa shape index (κ1) is 20.0. The molecule has 0 saturated heterocycles. The predicted molar refractivity (Wildman–Crippen MR) is 121 cm³/mol. The molecule has 0 aliphatic rings. The highest BCUT2D eigenvalue weighted by atomic mass is 32.1. The standard InChI is InChI=1S/C24H22N2O3S/c1-4-29-19-9-7-17(8-10-19)21(27)12-26-14-25-23-22(24(26)28)20(13-30-23)18-6-5-15(2)16(3)11-18/h5-11,13-14H,4,12H2,1-3H3. The van der Waals surface area contributed by atoms with Crippen molar-refractivity contribution in [1.29, 1.82) is 0 Å². The molecule has 4 rings (SSSR count). The van der Waals surface area contributed by atoms with Crippen LogP contribution < -0.4 is 10.3 Å². The molecule has 2 heterocycles. The number of rotatable bonds is 6. The lowest BCUT2D eigenvalue weighted by atomic mass is 10.0. The summed E-state index contributed by atoms with van der Waals surface area (Å²) in [5.41, 5.74) is 4.55. The van der Waals surface area contributed by atoms with Crippen LogP contribution in [0.25, 0.3) is 21.3 Å². The van der Waals surface area contributed by atoms with Crippen molar-refractivity contribution in [3.8, 4) is 16.9 Å². The highest BCUT2D eigenvalue weighted by Gasteiger charge is 2.16. The zero-order valence-corrected chi connectivity index (χ0v) is 18.0. The molecule has 30 heavy (non-hydrogen) atoms. The number of hydrogen-bond donors (Lipinski definition) is 0. The molecule has 4 aromatic rings. The first-order valence-corrected chi connectivity index (χ1v) is 10.7. The monoisotopic (exact) mass is 418 g/mol. The molecule has 5 nitrogen and oxygen atoms in total. The molecule has 0 saturated carbocycles. The number of carbonyl (C=O) groups excluding carboxylic acids is 1. The van der Waals surface area contributed by atoms with Crippen molar-refractivity contribution in [3.05, 3.63) is 81.2 Å². The molecular weight excluding hydrogens is 396 g/mol. The van der Waals surface area contributed by atoms with Crippen molar-refractivity contribution in [1.82, 2.24) is 9.55 Å². The summed E-state index contributed by atoms with van der Waals surface area (Å²) < 4.78 is 6.80. The van der Waals surface area contributed by atoms with Crippen LogP contribution in [0, 0.1) is 13.8 Å². The van der Waals surface area contributed by atoms with Gasteiger partial charge in [0.1, 0.15) is 10.6 Å². The third-order valence-electron chi connectivity index (χ3n) is 5.18. The lowest BCUT2D eigenvalue weighted by Gasteiger charge is -2.08. The average Bonchev–Trinajstić information content (AvgIpc) is 3.18. The molecule has 0 spiro atoms. The molecule has 0 fully saturated rings. The number of benzene rings is 2. The predicted octanol–water partition coefficient (Wildman–Crippen LogP) is 5.02. The number of aryl methyl sites for hydroxylation is 2. The van der Waals surface area contributed by atoms with Crippen LogP contribution in [0.1, 0.15) is 28.4 Å². The second-order valence-corrected chi connectivity index (χ2v) is 8.04. The average molecular weight is 419 g/mol. The van der Waals surface area contributed by atoms with E-state index in [9.17, 15) is 9.59 Å². The third-order valence-corrected chi connectivity index (χ3v) is 6.07. The summed E-state index contributed by atoms with van der Waals surface area (Å²) in [6.45, 7) is 6.53. The molecule has 2 aromatic heterocycles. The van der Waals surface area contributed by atoms with Gasteiger partial charge in [-0.2, -0.15) is 0 Å². The molecule has 6 heteroatoms. The summed E-state index contributed by atoms with van der Waals surface area (Å²) >= 11 is 1.44. The van der Waals surface area contributed by atoms with Crippen LogP contribution >= 0.6 is 11.3 Å². The first-order valence-electron chi connectivity index (χ1n) is 9.78. The minimum absolute atomic E-state index is 0.0576. The van der Waals surface area contributed by atoms with Crippen molar-refractivity contribution in [2.24, 2.45) is 0 Å². The SMILES string of the molecule is CCOc1ccc(C(=O)Cn2cnc3scc(-c4ccc(C)c(C)c4)c3c2=O)cc1. The van der Waals surface area contributed by atoms with E-state index in [1.165, 1.54) is 33.4 Å². The maximum absolute atomic E-state index is 13.2. The van der Waals surface area contributed by atoms with Gasteiger partial charge in [0.05, 0.1) is 24.9 Å². The van der Waals surface area contributed by atoms with Gasteiger partial charge in [0, 0.05) is 16.5 Å². The molecule has 0 N–H and O–H groups in total. The second kappa shape index (κ2) is 8.24. The third kappa shape index (κ3) is 3.78. The van der Waals surface area contributed by atoms with Crippen LogP contribution in [0.3, 0.4) is 0 Å². The summed E-state index contributed by atoms with van der Waals surface area (Å²) in [5.74, 6) is 0.565. The van der Waals surface area contributed by atoms with E-state index in [-0.39, 0.29) is 17.9 Å². The second-order valence-electron chi connectivity index (χ2n) is 7.19. The number of nitrogens with zero attached hydrogens (tertiary/aromatic N) is 2. The molecule has 0 amide bonds. The molecule has 0 bridgehead atoms. The number of Topliss-reactive ketones (excluding diaryl/α,β-unsaturated/α-hetero) is 1. The number of thiophene rings is 1. The van der Waals surface area contributed by atoms with Gasteiger partial charge in [0.2, 0.25) is 0 Å². The Bertz CT molecular complexity index is 1290. The van der Waals surface area contributed by atoms with E-state index in [1.807, 2.05) is 18.4 Å². The highest BCUT2D eigenvalue weighted by molar-refractivity contribution is 7.17. The van der Waals surface area contributed by atoms with Crippen LogP contribution in [0.5, 0.6) is 5.75 Å². The maximum Gasteiger partial charge on any atom is 0.263 e. The summed E-state index contributed by atoms with van der Waals surface area (Å²) in [5, 5.41) is 2.52. The molecule has 0 aliphatic carbocycles. The van der Waals surface area contributed by atoms with Crippen molar-refractivity contribution in [3.63, 3.8) is 0 Å². The lowest BCUT2D eigenvalue weighted by molar-refractivity contribution is 0.0970. The Hall–Kier alpha value is -3.25. The Labute approximate surface area is 178 Å². The number of hydrogen-bond acceptors (Lipinski definition) is 5. The molecule has 152 valence electrons. The van der Waals surface area contributed by atoms with Crippen molar-refractivity contribution < 1.29 is 9.53 Å². The number of carbonyl (C=O) groups is 1. The largest absolute Gasteiger partial charge is 0.494 e. The zero-order chi connectivity index (χ0) is 21.3. The van der Waals surface area contributed by atoms with E-state index in [2.05, 4.69) is 31.0 Å². The summed E-state index contributed by atoms with van der Waals surface area (Å²) in [6.07, 6.45) is 1.46. The molecule has 2 aromatic carbocycles. The minimum Gasteiger partial charge on any atom is -0.494 e. The van der Waals surface area contributed by atoms with Gasteiger partial charge in [-0.15, -0.1) is 11.3 Å². The van der Waals surface area contributed by atoms with E-state index < -0.39 is 0 Å². The van der Waals surface area contributed by atoms with E-state index in [0.29, 0.717) is 28.1 Å². The highest BCUT2D eigenvalue weighted by Crippen LogP contribution is 2.31. The van der Waals surface area contributed by atoms with Crippen LogP contribution in [0.15, 0.2) is 59.0 Å². The van der Waals surface area contributed by atoms with Crippen LogP contribution in [-0.2, 0) is 6.54 Å². The van der Waals surface area contributed by atoms with E-state index >= 15 is 0 Å². The maximum atomic E-state index is 13.2. The molecule has 0 aliphatic heterocycles. The molecule has 0 atom stereocenters. The van der Waals surface area contributed by atoms with Gasteiger partial charge in [0.15, 0.2) is 5.78 Å². The lowest BCUT2D eigenvalue weighted by Crippen LogP contribution is -2.24. The van der Waals surface area contributed by atoms with E-state index in [0.717, 1.165) is 11.1 Å². The molecule has 0 unspecified atom stereocenters. The number of aromatic nitrogens is 2. The number of fused-ring (bicyclic) bond motifs is 1. The fraction of sp³-hybridized carbons (Fsp3) is 0.208. The fourth-order valence-corrected chi connectivity index (χ4v) is 4.26. The summed E-state index contributed by atoms with van der Waals surface area (Å²) in [6, 6.07) is 13.1.